The summed E-state index contributed by atoms with van der Waals surface area (Å²) in [6.07, 6.45) is 0.849. The maximum Gasteiger partial charge on any atom is 0.275 e. The van der Waals surface area contributed by atoms with Crippen molar-refractivity contribution in [2.75, 3.05) is 20.6 Å². The van der Waals surface area contributed by atoms with Crippen LogP contribution in [-0.2, 0) is 23.0 Å². The van der Waals surface area contributed by atoms with E-state index in [9.17, 15) is 8.42 Å². The highest BCUT2D eigenvalue weighted by atomic mass is 32.2. The summed E-state index contributed by atoms with van der Waals surface area (Å²) in [5.41, 5.74) is 1.04. The average Bonchev–Trinajstić information content (AvgIpc) is 3.04. The van der Waals surface area contributed by atoms with Gasteiger partial charge in [0.1, 0.15) is 5.76 Å². The number of nitrogens with one attached hydrogen (secondary N) is 1. The summed E-state index contributed by atoms with van der Waals surface area (Å²) in [5.74, 6) is 0.603. The SMILES string of the molecule is Cc1csc(CCNCc2ccc(S(=O)(=O)N(C)C)o2)n1. The van der Waals surface area contributed by atoms with Gasteiger partial charge in [0.15, 0.2) is 0 Å². The van der Waals surface area contributed by atoms with Gasteiger partial charge in [-0.15, -0.1) is 11.3 Å². The maximum atomic E-state index is 11.9. The third kappa shape index (κ3) is 4.13. The lowest BCUT2D eigenvalue weighted by Crippen LogP contribution is -2.21. The molecule has 0 aliphatic carbocycles. The normalized spacial score (nSPS) is 12.2. The lowest BCUT2D eigenvalue weighted by molar-refractivity contribution is 0.389. The minimum absolute atomic E-state index is 0.0279. The van der Waals surface area contributed by atoms with E-state index < -0.39 is 10.0 Å². The predicted octanol–water partition coefficient (Wildman–Crippen LogP) is 1.63. The molecule has 0 bridgehead atoms. The van der Waals surface area contributed by atoms with Gasteiger partial charge in [0.25, 0.3) is 10.0 Å². The molecule has 1 N–H and O–H groups in total. The van der Waals surface area contributed by atoms with Gasteiger partial charge >= 0.3 is 0 Å². The topological polar surface area (TPSA) is 75.4 Å². The molecule has 8 heteroatoms. The quantitative estimate of drug-likeness (QED) is 0.781. The van der Waals surface area contributed by atoms with Crippen LogP contribution < -0.4 is 5.32 Å². The minimum Gasteiger partial charge on any atom is -0.447 e. The van der Waals surface area contributed by atoms with Crippen LogP contribution >= 0.6 is 11.3 Å². The molecule has 0 radical (unpaired) electrons. The third-order valence-corrected chi connectivity index (χ3v) is 5.57. The van der Waals surface area contributed by atoms with Crippen molar-refractivity contribution in [3.05, 3.63) is 34.0 Å². The van der Waals surface area contributed by atoms with E-state index in [0.29, 0.717) is 12.3 Å². The van der Waals surface area contributed by atoms with Gasteiger partial charge < -0.3 is 9.73 Å². The number of nitrogens with zero attached hydrogens (tertiary/aromatic N) is 2. The molecule has 0 aromatic carbocycles. The molecule has 2 aromatic heterocycles. The Morgan fingerprint density at radius 2 is 2.14 bits per heavy atom. The van der Waals surface area contributed by atoms with Crippen molar-refractivity contribution < 1.29 is 12.8 Å². The number of thiazole rings is 1. The Bertz CT molecular complexity index is 689. The molecule has 0 aliphatic rings. The molecular formula is C13H19N3O3S2. The highest BCUT2D eigenvalue weighted by molar-refractivity contribution is 7.88. The molecule has 0 fully saturated rings. The monoisotopic (exact) mass is 329 g/mol. The number of rotatable bonds is 7. The largest absolute Gasteiger partial charge is 0.447 e. The summed E-state index contributed by atoms with van der Waals surface area (Å²) in [6.45, 7) is 3.24. The zero-order chi connectivity index (χ0) is 15.5. The van der Waals surface area contributed by atoms with E-state index in [1.54, 1.807) is 17.4 Å². The maximum absolute atomic E-state index is 11.9. The fourth-order valence-corrected chi connectivity index (χ4v) is 3.28. The Balaban J connectivity index is 1.83. The van der Waals surface area contributed by atoms with Crippen LogP contribution in [0.5, 0.6) is 0 Å². The molecule has 116 valence electrons. The highest BCUT2D eigenvalue weighted by Gasteiger charge is 2.21. The zero-order valence-electron chi connectivity index (χ0n) is 12.3. The Labute approximate surface area is 128 Å². The van der Waals surface area contributed by atoms with E-state index in [1.807, 2.05) is 12.3 Å². The first-order valence-corrected chi connectivity index (χ1v) is 8.84. The van der Waals surface area contributed by atoms with Crippen LogP contribution in [0.2, 0.25) is 0 Å². The van der Waals surface area contributed by atoms with E-state index >= 15 is 0 Å². The van der Waals surface area contributed by atoms with Gasteiger partial charge in [-0.05, 0) is 19.1 Å². The van der Waals surface area contributed by atoms with Crippen LogP contribution in [0, 0.1) is 6.92 Å². The fraction of sp³-hybridized carbons (Fsp3) is 0.462. The lowest BCUT2D eigenvalue weighted by Gasteiger charge is -2.07. The molecule has 0 amide bonds. The standard InChI is InChI=1S/C13H19N3O3S2/c1-10-9-20-12(15-10)6-7-14-8-11-4-5-13(19-11)21(17,18)16(2)3/h4-5,9,14H,6-8H2,1-3H3. The van der Waals surface area contributed by atoms with Crippen LogP contribution in [0.3, 0.4) is 0 Å². The Morgan fingerprint density at radius 3 is 2.76 bits per heavy atom. The smallest absolute Gasteiger partial charge is 0.275 e. The summed E-state index contributed by atoms with van der Waals surface area (Å²) in [6, 6.07) is 3.16. The van der Waals surface area contributed by atoms with E-state index in [0.717, 1.165) is 28.0 Å². The Morgan fingerprint density at radius 1 is 1.38 bits per heavy atom. The number of hydrogen-bond donors (Lipinski definition) is 1. The molecule has 0 saturated carbocycles. The minimum atomic E-state index is -3.50. The molecule has 0 atom stereocenters. The van der Waals surface area contributed by atoms with Gasteiger partial charge in [-0.25, -0.2) is 17.7 Å². The third-order valence-electron chi connectivity index (χ3n) is 2.85. The van der Waals surface area contributed by atoms with Crippen LogP contribution in [0.1, 0.15) is 16.5 Å². The lowest BCUT2D eigenvalue weighted by atomic mass is 10.4. The van der Waals surface area contributed by atoms with Gasteiger partial charge in [-0.2, -0.15) is 0 Å². The van der Waals surface area contributed by atoms with Crippen LogP contribution in [0.4, 0.5) is 0 Å². The molecule has 0 spiro atoms. The van der Waals surface area contributed by atoms with Crippen molar-refractivity contribution in [3.63, 3.8) is 0 Å². The first kappa shape index (κ1) is 16.2. The summed E-state index contributed by atoms with van der Waals surface area (Å²) in [4.78, 5) is 4.38. The van der Waals surface area contributed by atoms with Crippen molar-refractivity contribution in [2.45, 2.75) is 25.0 Å². The van der Waals surface area contributed by atoms with Gasteiger partial charge in [0.05, 0.1) is 11.6 Å². The van der Waals surface area contributed by atoms with Crippen molar-refractivity contribution in [1.82, 2.24) is 14.6 Å². The average molecular weight is 329 g/mol. The molecule has 2 aromatic rings. The molecule has 0 aliphatic heterocycles. The summed E-state index contributed by atoms with van der Waals surface area (Å²) in [5, 5.41) is 6.31. The van der Waals surface area contributed by atoms with Gasteiger partial charge in [0.2, 0.25) is 5.09 Å². The molecule has 21 heavy (non-hydrogen) atoms. The molecule has 2 rings (SSSR count). The number of hydrogen-bond acceptors (Lipinski definition) is 6. The fourth-order valence-electron chi connectivity index (χ4n) is 1.70. The Hall–Kier alpha value is -1.22. The zero-order valence-corrected chi connectivity index (χ0v) is 13.9. The van der Waals surface area contributed by atoms with Gasteiger partial charge in [-0.1, -0.05) is 0 Å². The summed E-state index contributed by atoms with van der Waals surface area (Å²) in [7, 11) is -0.540. The predicted molar refractivity (Wildman–Crippen MR) is 81.8 cm³/mol. The highest BCUT2D eigenvalue weighted by Crippen LogP contribution is 2.16. The number of furan rings is 1. The van der Waals surface area contributed by atoms with Crippen LogP contribution in [-0.4, -0.2) is 38.3 Å². The van der Waals surface area contributed by atoms with Crippen molar-refractivity contribution >= 4 is 21.4 Å². The first-order chi connectivity index (χ1) is 9.89. The van der Waals surface area contributed by atoms with Crippen LogP contribution in [0.25, 0.3) is 0 Å². The molecule has 6 nitrogen and oxygen atoms in total. The van der Waals surface area contributed by atoms with Crippen molar-refractivity contribution in [2.24, 2.45) is 0 Å². The number of aromatic nitrogens is 1. The van der Waals surface area contributed by atoms with E-state index in [4.69, 9.17) is 4.42 Å². The van der Waals surface area contributed by atoms with Crippen molar-refractivity contribution in [3.8, 4) is 0 Å². The van der Waals surface area contributed by atoms with Gasteiger partial charge in [-0.3, -0.25) is 0 Å². The number of sulfonamides is 1. The Kier molecular flexibility index (Phi) is 5.15. The second-order valence-corrected chi connectivity index (χ2v) is 7.84. The van der Waals surface area contributed by atoms with E-state index in [1.165, 1.54) is 20.2 Å². The molecule has 0 unspecified atom stereocenters. The van der Waals surface area contributed by atoms with Crippen LogP contribution in [0.15, 0.2) is 27.0 Å². The van der Waals surface area contributed by atoms with E-state index in [-0.39, 0.29) is 5.09 Å². The van der Waals surface area contributed by atoms with Gasteiger partial charge in [0, 0.05) is 38.1 Å². The summed E-state index contributed by atoms with van der Waals surface area (Å²) < 4.78 is 30.2. The first-order valence-electron chi connectivity index (χ1n) is 6.52. The van der Waals surface area contributed by atoms with Crippen molar-refractivity contribution in [1.29, 1.82) is 0 Å². The summed E-state index contributed by atoms with van der Waals surface area (Å²) >= 11 is 1.65. The second kappa shape index (κ2) is 6.69. The second-order valence-electron chi connectivity index (χ2n) is 4.82. The van der Waals surface area contributed by atoms with E-state index in [2.05, 4.69) is 10.3 Å². The number of aryl methyl sites for hydroxylation is 1. The molecule has 0 saturated heterocycles. The molecular weight excluding hydrogens is 310 g/mol. The molecule has 2 heterocycles.